The molecule has 0 spiro atoms. The predicted octanol–water partition coefficient (Wildman–Crippen LogP) is 2.58. The number of carbonyl (C=O) groups is 1. The van der Waals surface area contributed by atoms with Gasteiger partial charge in [0.15, 0.2) is 5.82 Å². The normalized spacial score (nSPS) is 11.4. The molecule has 3 N–H and O–H groups in total. The van der Waals surface area contributed by atoms with E-state index < -0.39 is 34.8 Å². The number of hydrogen-bond donors (Lipinski definition) is 2. The van der Waals surface area contributed by atoms with E-state index in [4.69, 9.17) is 10.8 Å². The molecule has 110 valence electrons. The number of hydrogen-bond acceptors (Lipinski definition) is 4. The second-order valence-electron chi connectivity index (χ2n) is 3.98. The van der Waals surface area contributed by atoms with E-state index >= 15 is 0 Å². The lowest BCUT2D eigenvalue weighted by molar-refractivity contribution is -0.138. The molecule has 9 heteroatoms. The molecule has 0 saturated heterocycles. The van der Waals surface area contributed by atoms with Crippen LogP contribution in [0, 0.1) is 5.82 Å². The topological polar surface area (TPSA) is 89.1 Å². The van der Waals surface area contributed by atoms with Gasteiger partial charge in [-0.2, -0.15) is 13.2 Å². The van der Waals surface area contributed by atoms with Gasteiger partial charge in [0.05, 0.1) is 5.56 Å². The Morgan fingerprint density at radius 1 is 1.19 bits per heavy atom. The van der Waals surface area contributed by atoms with Crippen LogP contribution in [0.4, 0.5) is 23.4 Å². The van der Waals surface area contributed by atoms with Crippen molar-refractivity contribution < 1.29 is 27.5 Å². The molecule has 2 heterocycles. The van der Waals surface area contributed by atoms with Gasteiger partial charge >= 0.3 is 12.1 Å². The van der Waals surface area contributed by atoms with Crippen LogP contribution in [0.1, 0.15) is 15.9 Å². The van der Waals surface area contributed by atoms with Gasteiger partial charge in [0.25, 0.3) is 0 Å². The maximum Gasteiger partial charge on any atom is 0.418 e. The Labute approximate surface area is 115 Å². The molecule has 2 aromatic rings. The van der Waals surface area contributed by atoms with Crippen LogP contribution in [-0.2, 0) is 6.18 Å². The number of alkyl halides is 3. The summed E-state index contributed by atoms with van der Waals surface area (Å²) >= 11 is 0. The number of carboxylic acid groups (broad SMARTS) is 1. The molecule has 0 saturated carbocycles. The number of aromatic nitrogens is 2. The van der Waals surface area contributed by atoms with Crippen molar-refractivity contribution in [3.63, 3.8) is 0 Å². The van der Waals surface area contributed by atoms with Crippen molar-refractivity contribution in [1.29, 1.82) is 0 Å². The average molecular weight is 301 g/mol. The molecule has 5 nitrogen and oxygen atoms in total. The first-order valence-corrected chi connectivity index (χ1v) is 5.42. The highest BCUT2D eigenvalue weighted by Crippen LogP contribution is 2.35. The van der Waals surface area contributed by atoms with Gasteiger partial charge in [0, 0.05) is 18.0 Å². The lowest BCUT2D eigenvalue weighted by atomic mass is 10.0. The van der Waals surface area contributed by atoms with Gasteiger partial charge in [-0.3, -0.25) is 4.98 Å². The quantitative estimate of drug-likeness (QED) is 0.832. The summed E-state index contributed by atoms with van der Waals surface area (Å²) in [5.74, 6) is -3.50. The molecule has 21 heavy (non-hydrogen) atoms. The fourth-order valence-electron chi connectivity index (χ4n) is 1.66. The van der Waals surface area contributed by atoms with E-state index in [-0.39, 0.29) is 17.6 Å². The molecule has 0 atom stereocenters. The third kappa shape index (κ3) is 2.76. The van der Waals surface area contributed by atoms with Crippen molar-refractivity contribution in [2.24, 2.45) is 0 Å². The zero-order valence-corrected chi connectivity index (χ0v) is 10.1. The molecule has 0 aliphatic carbocycles. The number of nitrogens with two attached hydrogens (primary N) is 1. The van der Waals surface area contributed by atoms with E-state index in [9.17, 15) is 22.4 Å². The van der Waals surface area contributed by atoms with Crippen molar-refractivity contribution in [2.45, 2.75) is 6.18 Å². The van der Waals surface area contributed by atoms with E-state index in [0.29, 0.717) is 0 Å². The van der Waals surface area contributed by atoms with E-state index in [1.807, 2.05) is 0 Å². The zero-order valence-electron chi connectivity index (χ0n) is 10.1. The molecule has 0 aliphatic rings. The molecule has 0 radical (unpaired) electrons. The summed E-state index contributed by atoms with van der Waals surface area (Å²) in [5, 5.41) is 8.82. The van der Waals surface area contributed by atoms with Crippen LogP contribution in [0.25, 0.3) is 11.3 Å². The minimum Gasteiger partial charge on any atom is -0.478 e. The van der Waals surface area contributed by atoms with Crippen molar-refractivity contribution in [3.8, 4) is 11.3 Å². The summed E-state index contributed by atoms with van der Waals surface area (Å²) in [6, 6.07) is 2.56. The third-order valence-corrected chi connectivity index (χ3v) is 2.60. The van der Waals surface area contributed by atoms with Gasteiger partial charge in [-0.05, 0) is 12.1 Å². The molecule has 0 unspecified atom stereocenters. The summed E-state index contributed by atoms with van der Waals surface area (Å²) in [6.45, 7) is 0. The molecule has 0 aliphatic heterocycles. The Morgan fingerprint density at radius 3 is 2.33 bits per heavy atom. The Bertz CT molecular complexity index is 699. The highest BCUT2D eigenvalue weighted by Gasteiger charge is 2.38. The smallest absolute Gasteiger partial charge is 0.418 e. The summed E-state index contributed by atoms with van der Waals surface area (Å²) in [7, 11) is 0. The minimum atomic E-state index is -5.03. The maximum absolute atomic E-state index is 14.1. The number of aromatic carboxylic acids is 1. The standard InChI is InChI=1S/C12H7F4N3O2/c13-9-8(11(20)21)6(12(14,15)16)4-19-10(9)5-1-2-7(17)18-3-5/h1-4H,(H2,17,18)(H,20,21). The number of anilines is 1. The van der Waals surface area contributed by atoms with E-state index in [2.05, 4.69) is 9.97 Å². The number of carboxylic acids is 1. The van der Waals surface area contributed by atoms with E-state index in [0.717, 1.165) is 6.20 Å². The van der Waals surface area contributed by atoms with Crippen molar-refractivity contribution in [3.05, 3.63) is 41.5 Å². The van der Waals surface area contributed by atoms with Crippen LogP contribution in [0.2, 0.25) is 0 Å². The second-order valence-corrected chi connectivity index (χ2v) is 3.98. The van der Waals surface area contributed by atoms with Gasteiger partial charge in [-0.15, -0.1) is 0 Å². The summed E-state index contributed by atoms with van der Waals surface area (Å²) in [6.07, 6.45) is -3.67. The second kappa shape index (κ2) is 5.00. The third-order valence-electron chi connectivity index (χ3n) is 2.60. The monoisotopic (exact) mass is 301 g/mol. The SMILES string of the molecule is Nc1ccc(-c2ncc(C(F)(F)F)c(C(=O)O)c2F)cn1. The number of halogens is 4. The number of pyridine rings is 2. The van der Waals surface area contributed by atoms with Crippen LogP contribution in [0.3, 0.4) is 0 Å². The Kier molecular flexibility index (Phi) is 3.50. The van der Waals surface area contributed by atoms with Gasteiger partial charge in [-0.1, -0.05) is 0 Å². The van der Waals surface area contributed by atoms with Crippen molar-refractivity contribution in [2.75, 3.05) is 5.73 Å². The highest BCUT2D eigenvalue weighted by atomic mass is 19.4. The Hall–Kier alpha value is -2.71. The largest absolute Gasteiger partial charge is 0.478 e. The highest BCUT2D eigenvalue weighted by molar-refractivity contribution is 5.91. The Balaban J connectivity index is 2.69. The first-order chi connectivity index (χ1) is 9.71. The number of rotatable bonds is 2. The van der Waals surface area contributed by atoms with Gasteiger partial charge in [0.2, 0.25) is 0 Å². The minimum absolute atomic E-state index is 0.0120. The molecule has 0 amide bonds. The van der Waals surface area contributed by atoms with E-state index in [1.165, 1.54) is 12.1 Å². The molecule has 0 fully saturated rings. The molecular formula is C12H7F4N3O2. The predicted molar refractivity (Wildman–Crippen MR) is 63.8 cm³/mol. The number of nitrogen functional groups attached to an aromatic ring is 1. The fourth-order valence-corrected chi connectivity index (χ4v) is 1.66. The lowest BCUT2D eigenvalue weighted by Gasteiger charge is -2.12. The van der Waals surface area contributed by atoms with Crippen LogP contribution in [0.15, 0.2) is 24.5 Å². The number of nitrogens with zero attached hydrogens (tertiary/aromatic N) is 2. The molecule has 2 rings (SSSR count). The lowest BCUT2D eigenvalue weighted by Crippen LogP contribution is -2.16. The van der Waals surface area contributed by atoms with Crippen LogP contribution >= 0.6 is 0 Å². The van der Waals surface area contributed by atoms with Crippen molar-refractivity contribution in [1.82, 2.24) is 9.97 Å². The summed E-state index contributed by atoms with van der Waals surface area (Å²) < 4.78 is 52.1. The summed E-state index contributed by atoms with van der Waals surface area (Å²) in [4.78, 5) is 17.9. The van der Waals surface area contributed by atoms with Gasteiger partial charge < -0.3 is 10.8 Å². The first kappa shape index (κ1) is 14.7. The maximum atomic E-state index is 14.1. The van der Waals surface area contributed by atoms with E-state index in [1.54, 1.807) is 0 Å². The van der Waals surface area contributed by atoms with Gasteiger partial charge in [0.1, 0.15) is 17.1 Å². The van der Waals surface area contributed by atoms with Crippen LogP contribution < -0.4 is 5.73 Å². The fraction of sp³-hybridized carbons (Fsp3) is 0.0833. The van der Waals surface area contributed by atoms with Crippen LogP contribution in [0.5, 0.6) is 0 Å². The Morgan fingerprint density at radius 2 is 1.86 bits per heavy atom. The molecule has 2 aromatic heterocycles. The average Bonchev–Trinajstić information content (AvgIpc) is 2.38. The molecule has 0 aromatic carbocycles. The zero-order chi connectivity index (χ0) is 15.8. The summed E-state index contributed by atoms with van der Waals surface area (Å²) in [5.41, 5.74) is 1.66. The molecular weight excluding hydrogens is 294 g/mol. The van der Waals surface area contributed by atoms with Gasteiger partial charge in [-0.25, -0.2) is 14.2 Å². The van der Waals surface area contributed by atoms with Crippen LogP contribution in [-0.4, -0.2) is 21.0 Å². The van der Waals surface area contributed by atoms with Crippen molar-refractivity contribution >= 4 is 11.8 Å². The first-order valence-electron chi connectivity index (χ1n) is 5.42. The molecule has 0 bridgehead atoms.